The molecule has 3 rings (SSSR count). The summed E-state index contributed by atoms with van der Waals surface area (Å²) < 4.78 is 0. The van der Waals surface area contributed by atoms with E-state index < -0.39 is 0 Å². The zero-order chi connectivity index (χ0) is 28.4. The Kier molecular flexibility index (Phi) is 10.3. The third kappa shape index (κ3) is 7.51. The number of hydrogen-bond acceptors (Lipinski definition) is 7. The molecule has 1 aromatic heterocycles. The Labute approximate surface area is 233 Å². The van der Waals surface area contributed by atoms with Crippen LogP contribution in [-0.4, -0.2) is 59.0 Å². The summed E-state index contributed by atoms with van der Waals surface area (Å²) in [6, 6.07) is 9.22. The number of nitrogens with one attached hydrogen (secondary N) is 1. The molecule has 1 aromatic carbocycles. The lowest BCUT2D eigenvalue weighted by molar-refractivity contribution is -0.129. The van der Waals surface area contributed by atoms with Crippen LogP contribution in [0.15, 0.2) is 70.3 Å². The van der Waals surface area contributed by atoms with Crippen LogP contribution in [0.2, 0.25) is 0 Å². The lowest BCUT2D eigenvalue weighted by atomic mass is 9.82. The Hall–Kier alpha value is -4.05. The van der Waals surface area contributed by atoms with Gasteiger partial charge in [-0.3, -0.25) is 19.6 Å². The number of thioether (sulfide) groups is 1. The van der Waals surface area contributed by atoms with Crippen LogP contribution in [-0.2, 0) is 9.59 Å². The van der Waals surface area contributed by atoms with Crippen molar-refractivity contribution in [3.8, 4) is 11.3 Å². The number of amides is 2. The van der Waals surface area contributed by atoms with Gasteiger partial charge in [-0.25, -0.2) is 4.99 Å². The van der Waals surface area contributed by atoms with Gasteiger partial charge in [-0.05, 0) is 73.9 Å². The van der Waals surface area contributed by atoms with Gasteiger partial charge >= 0.3 is 0 Å². The Morgan fingerprint density at radius 3 is 2.62 bits per heavy atom. The molecule has 10 heteroatoms. The first-order valence-electron chi connectivity index (χ1n) is 12.7. The first-order chi connectivity index (χ1) is 18.7. The quantitative estimate of drug-likeness (QED) is 0.150. The van der Waals surface area contributed by atoms with E-state index in [9.17, 15) is 14.4 Å². The van der Waals surface area contributed by atoms with Crippen LogP contribution in [0.4, 0.5) is 10.5 Å². The zero-order valence-electron chi connectivity index (χ0n) is 22.5. The van der Waals surface area contributed by atoms with E-state index in [1.165, 1.54) is 6.34 Å². The van der Waals surface area contributed by atoms with Crippen molar-refractivity contribution in [2.24, 2.45) is 21.1 Å². The second-order valence-corrected chi connectivity index (χ2v) is 10.3. The van der Waals surface area contributed by atoms with Crippen molar-refractivity contribution in [2.75, 3.05) is 19.6 Å². The number of aldehydes is 1. The van der Waals surface area contributed by atoms with Crippen molar-refractivity contribution in [1.29, 1.82) is 0 Å². The molecule has 2 heterocycles. The summed E-state index contributed by atoms with van der Waals surface area (Å²) in [6.45, 7) is 10.9. The van der Waals surface area contributed by atoms with E-state index in [-0.39, 0.29) is 16.6 Å². The lowest BCUT2D eigenvalue weighted by Gasteiger charge is -2.35. The number of aliphatic imine (C=N–C) groups is 2. The fourth-order valence-corrected chi connectivity index (χ4v) is 4.97. The number of aromatic nitrogens is 1. The number of benzene rings is 1. The van der Waals surface area contributed by atoms with Gasteiger partial charge in [0.2, 0.25) is 0 Å². The maximum atomic E-state index is 13.0. The van der Waals surface area contributed by atoms with Gasteiger partial charge in [-0.2, -0.15) is 0 Å². The fourth-order valence-electron chi connectivity index (χ4n) is 4.08. The lowest BCUT2D eigenvalue weighted by Crippen LogP contribution is -2.44. The maximum Gasteiger partial charge on any atom is 0.283 e. The molecule has 0 aliphatic carbocycles. The van der Waals surface area contributed by atoms with Crippen molar-refractivity contribution in [3.05, 3.63) is 60.9 Å². The Balaban J connectivity index is 2.01. The number of piperidine rings is 1. The SMILES string of the molecule is C=C/C(=C\N=C(C)C(=O)N1CCC(C)(C=O)CC1)c1cc(N=CN)c(SC(=O)NCC)c(-c2ccccn2)c1. The first-order valence-corrected chi connectivity index (χ1v) is 13.5. The molecule has 0 atom stereocenters. The van der Waals surface area contributed by atoms with Gasteiger partial charge in [0.25, 0.3) is 11.1 Å². The van der Waals surface area contributed by atoms with E-state index in [0.29, 0.717) is 65.6 Å². The smallest absolute Gasteiger partial charge is 0.283 e. The van der Waals surface area contributed by atoms with Gasteiger partial charge in [-0.15, -0.1) is 0 Å². The molecule has 204 valence electrons. The molecule has 0 radical (unpaired) electrons. The molecule has 39 heavy (non-hydrogen) atoms. The topological polar surface area (TPSA) is 130 Å². The highest BCUT2D eigenvalue weighted by Crippen LogP contribution is 2.41. The van der Waals surface area contributed by atoms with E-state index in [1.807, 2.05) is 38.1 Å². The first kappa shape index (κ1) is 29.5. The van der Waals surface area contributed by atoms with Crippen molar-refractivity contribution in [2.45, 2.75) is 38.5 Å². The van der Waals surface area contributed by atoms with Crippen LogP contribution in [0.5, 0.6) is 0 Å². The summed E-state index contributed by atoms with van der Waals surface area (Å²) in [5.74, 6) is -0.168. The number of likely N-dealkylation sites (tertiary alicyclic amines) is 1. The van der Waals surface area contributed by atoms with Gasteiger partial charge in [0.05, 0.1) is 22.6 Å². The number of rotatable bonds is 9. The highest BCUT2D eigenvalue weighted by molar-refractivity contribution is 8.13. The molecule has 1 saturated heterocycles. The van der Waals surface area contributed by atoms with Crippen LogP contribution in [0.3, 0.4) is 0 Å². The second kappa shape index (κ2) is 13.7. The number of nitrogens with zero attached hydrogens (tertiary/aromatic N) is 4. The minimum Gasteiger partial charge on any atom is -0.390 e. The molecular weight excluding hydrogens is 512 g/mol. The fraction of sp³-hybridized carbons (Fsp3) is 0.310. The van der Waals surface area contributed by atoms with Gasteiger partial charge in [0.1, 0.15) is 12.0 Å². The van der Waals surface area contributed by atoms with Crippen LogP contribution < -0.4 is 11.1 Å². The van der Waals surface area contributed by atoms with Gasteiger partial charge in [-0.1, -0.05) is 25.6 Å². The molecule has 0 saturated carbocycles. The summed E-state index contributed by atoms with van der Waals surface area (Å²) in [5.41, 5.74) is 8.82. The van der Waals surface area contributed by atoms with E-state index in [2.05, 4.69) is 26.9 Å². The highest BCUT2D eigenvalue weighted by Gasteiger charge is 2.32. The third-order valence-electron chi connectivity index (χ3n) is 6.48. The molecular formula is C29H34N6O3S. The number of allylic oxidation sites excluding steroid dienone is 2. The average Bonchev–Trinajstić information content (AvgIpc) is 2.95. The van der Waals surface area contributed by atoms with E-state index >= 15 is 0 Å². The van der Waals surface area contributed by atoms with Crippen molar-refractivity contribution >= 4 is 52.5 Å². The molecule has 9 nitrogen and oxygen atoms in total. The summed E-state index contributed by atoms with van der Waals surface area (Å²) in [7, 11) is 0. The normalized spacial score (nSPS) is 15.7. The van der Waals surface area contributed by atoms with Gasteiger partial charge in [0.15, 0.2) is 0 Å². The number of carbonyl (C=O) groups excluding carboxylic acids is 3. The highest BCUT2D eigenvalue weighted by atomic mass is 32.2. The summed E-state index contributed by atoms with van der Waals surface area (Å²) >= 11 is 1.02. The summed E-state index contributed by atoms with van der Waals surface area (Å²) in [5, 5.41) is 2.57. The minimum atomic E-state index is -0.381. The molecule has 2 amide bonds. The Morgan fingerprint density at radius 2 is 2.03 bits per heavy atom. The van der Waals surface area contributed by atoms with E-state index in [4.69, 9.17) is 5.73 Å². The number of pyridine rings is 1. The largest absolute Gasteiger partial charge is 0.390 e. The maximum absolute atomic E-state index is 13.0. The average molecular weight is 547 g/mol. The molecule has 0 unspecified atom stereocenters. The van der Waals surface area contributed by atoms with Crippen molar-refractivity contribution in [1.82, 2.24) is 15.2 Å². The van der Waals surface area contributed by atoms with Crippen molar-refractivity contribution in [3.63, 3.8) is 0 Å². The number of hydrogen-bond donors (Lipinski definition) is 2. The number of carbonyl (C=O) groups is 3. The molecule has 1 fully saturated rings. The zero-order valence-corrected chi connectivity index (χ0v) is 23.3. The Bertz CT molecular complexity index is 1310. The summed E-state index contributed by atoms with van der Waals surface area (Å²) in [4.78, 5) is 52.4. The van der Waals surface area contributed by atoms with E-state index in [0.717, 1.165) is 23.6 Å². The third-order valence-corrected chi connectivity index (χ3v) is 7.44. The van der Waals surface area contributed by atoms with Crippen LogP contribution in [0, 0.1) is 5.41 Å². The predicted octanol–water partition coefficient (Wildman–Crippen LogP) is 5.00. The van der Waals surface area contributed by atoms with E-state index in [1.54, 1.807) is 36.4 Å². The molecule has 1 aliphatic rings. The standard InChI is InChI=1S/C29H34N6O3S/c1-5-21(17-33-20(3)27(37)35-13-10-29(4,18-36)11-14-35)22-15-23(24-9-7-8-12-32-24)26(25(16-22)34-19-30)39-28(38)31-6-2/h5,7-9,12,15-19H,1,6,10-11,13-14H2,2-4H3,(H2,30,34)(H,31,38)/b21-17+,33-20?. The van der Waals surface area contributed by atoms with Crippen molar-refractivity contribution < 1.29 is 14.4 Å². The molecule has 3 N–H and O–H groups in total. The molecule has 1 aliphatic heterocycles. The minimum absolute atomic E-state index is 0.168. The van der Waals surface area contributed by atoms with Crippen LogP contribution in [0.1, 0.15) is 39.2 Å². The number of nitrogens with two attached hydrogens (primary N) is 1. The summed E-state index contributed by atoms with van der Waals surface area (Å²) in [6.07, 6.45) is 8.32. The van der Waals surface area contributed by atoms with Crippen LogP contribution in [0.25, 0.3) is 16.8 Å². The monoisotopic (exact) mass is 546 g/mol. The van der Waals surface area contributed by atoms with Gasteiger partial charge in [0, 0.05) is 43.0 Å². The predicted molar refractivity (Wildman–Crippen MR) is 158 cm³/mol. The molecule has 0 bridgehead atoms. The second-order valence-electron chi connectivity index (χ2n) is 9.35. The Morgan fingerprint density at radius 1 is 1.28 bits per heavy atom. The van der Waals surface area contributed by atoms with Gasteiger partial charge < -0.3 is 20.7 Å². The molecule has 0 spiro atoms. The van der Waals surface area contributed by atoms with Crippen LogP contribution >= 0.6 is 11.8 Å². The molecule has 2 aromatic rings.